The van der Waals surface area contributed by atoms with Crippen molar-refractivity contribution in [2.24, 2.45) is 0 Å². The maximum Gasteiger partial charge on any atom is 0.0163 e. The molecular weight excluding hydrogens is 186 g/mol. The van der Waals surface area contributed by atoms with Crippen molar-refractivity contribution in [2.75, 3.05) is 40.3 Å². The lowest BCUT2D eigenvalue weighted by molar-refractivity contribution is 0.125. The molecule has 3 nitrogen and oxygen atoms in total. The molecule has 0 aromatic rings. The molecule has 1 aliphatic rings. The van der Waals surface area contributed by atoms with Crippen LogP contribution in [0.25, 0.3) is 0 Å². The first kappa shape index (κ1) is 12.9. The molecule has 15 heavy (non-hydrogen) atoms. The van der Waals surface area contributed by atoms with Crippen molar-refractivity contribution in [3.05, 3.63) is 0 Å². The maximum absolute atomic E-state index is 3.30. The van der Waals surface area contributed by atoms with Gasteiger partial charge in [0.05, 0.1) is 0 Å². The first-order valence-corrected chi connectivity index (χ1v) is 6.27. The predicted molar refractivity (Wildman–Crippen MR) is 66.3 cm³/mol. The fourth-order valence-corrected chi connectivity index (χ4v) is 2.35. The van der Waals surface area contributed by atoms with Gasteiger partial charge in [0.2, 0.25) is 0 Å². The lowest BCUT2D eigenvalue weighted by atomic mass is 10.0. The number of nitrogens with zero attached hydrogens (tertiary/aromatic N) is 2. The fraction of sp³-hybridized carbons (Fsp3) is 1.00. The molecule has 90 valence electrons. The minimum atomic E-state index is 0.596. The predicted octanol–water partition coefficient (Wildman–Crippen LogP) is 1.01. The van der Waals surface area contributed by atoms with Crippen molar-refractivity contribution >= 4 is 0 Å². The number of hydrogen-bond acceptors (Lipinski definition) is 3. The van der Waals surface area contributed by atoms with Crippen LogP contribution >= 0.6 is 0 Å². The van der Waals surface area contributed by atoms with Crippen molar-refractivity contribution in [1.29, 1.82) is 0 Å². The molecule has 3 heteroatoms. The van der Waals surface area contributed by atoms with Crippen molar-refractivity contribution in [1.82, 2.24) is 15.1 Å². The largest absolute Gasteiger partial charge is 0.316 e. The second-order valence-electron chi connectivity index (χ2n) is 4.79. The van der Waals surface area contributed by atoms with Gasteiger partial charge in [0.15, 0.2) is 0 Å². The molecule has 0 bridgehead atoms. The van der Waals surface area contributed by atoms with Gasteiger partial charge in [-0.25, -0.2) is 0 Å². The molecule has 0 spiro atoms. The van der Waals surface area contributed by atoms with Crippen LogP contribution in [0.4, 0.5) is 0 Å². The number of piperidine rings is 1. The van der Waals surface area contributed by atoms with Crippen molar-refractivity contribution in [3.8, 4) is 0 Å². The lowest BCUT2D eigenvalue weighted by Crippen LogP contribution is -2.46. The Balaban J connectivity index is 2.26. The highest BCUT2D eigenvalue weighted by Crippen LogP contribution is 2.15. The molecule has 1 saturated heterocycles. The van der Waals surface area contributed by atoms with Gasteiger partial charge in [0.1, 0.15) is 0 Å². The SMILES string of the molecule is CCN1CCC(N(C)CC(C)NC)CC1. The summed E-state index contributed by atoms with van der Waals surface area (Å²) in [6, 6.07) is 1.39. The van der Waals surface area contributed by atoms with E-state index >= 15 is 0 Å². The molecule has 1 atom stereocenters. The van der Waals surface area contributed by atoms with E-state index in [-0.39, 0.29) is 0 Å². The number of likely N-dealkylation sites (N-methyl/N-ethyl adjacent to an activating group) is 2. The highest BCUT2D eigenvalue weighted by molar-refractivity contribution is 4.79. The van der Waals surface area contributed by atoms with E-state index in [4.69, 9.17) is 0 Å². The van der Waals surface area contributed by atoms with E-state index in [1.165, 1.54) is 32.5 Å². The first-order chi connectivity index (χ1) is 7.17. The summed E-state index contributed by atoms with van der Waals surface area (Å²) in [5.41, 5.74) is 0. The van der Waals surface area contributed by atoms with Crippen LogP contribution in [-0.4, -0.2) is 62.2 Å². The monoisotopic (exact) mass is 213 g/mol. The highest BCUT2D eigenvalue weighted by atomic mass is 15.2. The third-order valence-corrected chi connectivity index (χ3v) is 3.68. The van der Waals surface area contributed by atoms with Gasteiger partial charge in [0.25, 0.3) is 0 Å². The van der Waals surface area contributed by atoms with E-state index in [0.717, 1.165) is 12.6 Å². The molecule has 1 unspecified atom stereocenters. The molecule has 0 aromatic carbocycles. The normalized spacial score (nSPS) is 22.2. The zero-order valence-electron chi connectivity index (χ0n) is 10.8. The molecule has 0 radical (unpaired) electrons. The summed E-state index contributed by atoms with van der Waals surface area (Å²) in [6.07, 6.45) is 2.67. The Hall–Kier alpha value is -0.120. The van der Waals surface area contributed by atoms with Crippen molar-refractivity contribution in [3.63, 3.8) is 0 Å². The van der Waals surface area contributed by atoms with Crippen LogP contribution in [0.5, 0.6) is 0 Å². The maximum atomic E-state index is 3.30. The van der Waals surface area contributed by atoms with Crippen LogP contribution in [0.3, 0.4) is 0 Å². The van der Waals surface area contributed by atoms with E-state index in [1.54, 1.807) is 0 Å². The molecule has 0 saturated carbocycles. The zero-order valence-corrected chi connectivity index (χ0v) is 10.8. The number of hydrogen-bond donors (Lipinski definition) is 1. The van der Waals surface area contributed by atoms with Gasteiger partial charge in [0, 0.05) is 18.6 Å². The molecular formula is C12H27N3. The minimum Gasteiger partial charge on any atom is -0.316 e. The summed E-state index contributed by atoms with van der Waals surface area (Å²) < 4.78 is 0. The third-order valence-electron chi connectivity index (χ3n) is 3.68. The van der Waals surface area contributed by atoms with Crippen molar-refractivity contribution < 1.29 is 0 Å². The lowest BCUT2D eigenvalue weighted by Gasteiger charge is -2.37. The van der Waals surface area contributed by atoms with E-state index in [9.17, 15) is 0 Å². The smallest absolute Gasteiger partial charge is 0.0163 e. The Morgan fingerprint density at radius 1 is 1.40 bits per heavy atom. The first-order valence-electron chi connectivity index (χ1n) is 6.27. The molecule has 1 heterocycles. The number of rotatable bonds is 5. The fourth-order valence-electron chi connectivity index (χ4n) is 2.35. The quantitative estimate of drug-likeness (QED) is 0.735. The topological polar surface area (TPSA) is 18.5 Å². The van der Waals surface area contributed by atoms with E-state index in [0.29, 0.717) is 6.04 Å². The molecule has 0 amide bonds. The second kappa shape index (κ2) is 6.46. The summed E-state index contributed by atoms with van der Waals surface area (Å²) in [6.45, 7) is 9.43. The Bertz CT molecular complexity index is 164. The Labute approximate surface area is 94.8 Å². The molecule has 0 aliphatic carbocycles. The number of likely N-dealkylation sites (tertiary alicyclic amines) is 1. The van der Waals surface area contributed by atoms with E-state index < -0.39 is 0 Å². The van der Waals surface area contributed by atoms with Gasteiger partial charge >= 0.3 is 0 Å². The summed E-state index contributed by atoms with van der Waals surface area (Å²) in [4.78, 5) is 5.07. The van der Waals surface area contributed by atoms with Gasteiger partial charge in [-0.1, -0.05) is 6.92 Å². The van der Waals surface area contributed by atoms with Crippen LogP contribution in [0.1, 0.15) is 26.7 Å². The summed E-state index contributed by atoms with van der Waals surface area (Å²) in [5.74, 6) is 0. The molecule has 1 rings (SSSR count). The van der Waals surface area contributed by atoms with Gasteiger partial charge < -0.3 is 15.1 Å². The van der Waals surface area contributed by atoms with E-state index in [2.05, 4.69) is 36.0 Å². The Kier molecular flexibility index (Phi) is 5.58. The van der Waals surface area contributed by atoms with Crippen LogP contribution in [0, 0.1) is 0 Å². The summed E-state index contributed by atoms with van der Waals surface area (Å²) >= 11 is 0. The van der Waals surface area contributed by atoms with Gasteiger partial charge in [-0.3, -0.25) is 0 Å². The average Bonchev–Trinajstić information content (AvgIpc) is 2.29. The third kappa shape index (κ3) is 4.09. The summed E-state index contributed by atoms with van der Waals surface area (Å²) in [7, 11) is 4.30. The van der Waals surface area contributed by atoms with Crippen LogP contribution in [-0.2, 0) is 0 Å². The molecule has 1 fully saturated rings. The van der Waals surface area contributed by atoms with Crippen LogP contribution < -0.4 is 5.32 Å². The van der Waals surface area contributed by atoms with E-state index in [1.807, 2.05) is 7.05 Å². The highest BCUT2D eigenvalue weighted by Gasteiger charge is 2.21. The molecule has 1 aliphatic heterocycles. The zero-order chi connectivity index (χ0) is 11.3. The molecule has 1 N–H and O–H groups in total. The Morgan fingerprint density at radius 2 is 2.00 bits per heavy atom. The van der Waals surface area contributed by atoms with Crippen molar-refractivity contribution in [2.45, 2.75) is 38.8 Å². The van der Waals surface area contributed by atoms with Gasteiger partial charge in [-0.15, -0.1) is 0 Å². The summed E-state index contributed by atoms with van der Waals surface area (Å²) in [5, 5.41) is 3.30. The minimum absolute atomic E-state index is 0.596. The molecule has 0 aromatic heterocycles. The van der Waals surface area contributed by atoms with Crippen LogP contribution in [0.2, 0.25) is 0 Å². The van der Waals surface area contributed by atoms with Gasteiger partial charge in [-0.2, -0.15) is 0 Å². The van der Waals surface area contributed by atoms with Gasteiger partial charge in [-0.05, 0) is 53.5 Å². The average molecular weight is 213 g/mol. The number of nitrogens with one attached hydrogen (secondary N) is 1. The Morgan fingerprint density at radius 3 is 2.47 bits per heavy atom. The second-order valence-corrected chi connectivity index (χ2v) is 4.79. The standard InChI is InChI=1S/C12H27N3/c1-5-15-8-6-12(7-9-15)14(4)10-11(2)13-3/h11-13H,5-10H2,1-4H3. The van der Waals surface area contributed by atoms with Crippen LogP contribution in [0.15, 0.2) is 0 Å².